The molecular weight excluding hydrogens is 264 g/mol. The summed E-state index contributed by atoms with van der Waals surface area (Å²) in [6, 6.07) is 5.15. The van der Waals surface area contributed by atoms with E-state index in [1.807, 2.05) is 7.05 Å². The number of hydrogen-bond donors (Lipinski definition) is 2. The quantitative estimate of drug-likeness (QED) is 0.833. The SMILES string of the molecule is CNCC1CCN(S(=O)(=O)Nc2ccccn2)CC1. The molecule has 2 rings (SSSR count). The van der Waals surface area contributed by atoms with Crippen molar-refractivity contribution in [3.63, 3.8) is 0 Å². The largest absolute Gasteiger partial charge is 0.319 e. The average Bonchev–Trinajstić information content (AvgIpc) is 2.40. The van der Waals surface area contributed by atoms with Gasteiger partial charge in [-0.2, -0.15) is 12.7 Å². The number of rotatable bonds is 5. The standard InChI is InChI=1S/C12H20N4O2S/c1-13-10-11-5-8-16(9-6-11)19(17,18)15-12-4-2-3-7-14-12/h2-4,7,11,13H,5-6,8-10H2,1H3,(H,14,15). The fourth-order valence-corrected chi connectivity index (χ4v) is 3.47. The maximum absolute atomic E-state index is 12.2. The summed E-state index contributed by atoms with van der Waals surface area (Å²) in [5, 5.41) is 3.14. The van der Waals surface area contributed by atoms with E-state index in [1.54, 1.807) is 24.4 Å². The number of hydrogen-bond acceptors (Lipinski definition) is 4. The lowest BCUT2D eigenvalue weighted by Crippen LogP contribution is -2.43. The van der Waals surface area contributed by atoms with Crippen LogP contribution < -0.4 is 10.0 Å². The van der Waals surface area contributed by atoms with Gasteiger partial charge in [0.1, 0.15) is 5.82 Å². The van der Waals surface area contributed by atoms with E-state index in [0.717, 1.165) is 19.4 Å². The van der Waals surface area contributed by atoms with Gasteiger partial charge in [0.05, 0.1) is 0 Å². The second kappa shape index (κ2) is 6.31. The molecule has 0 atom stereocenters. The van der Waals surface area contributed by atoms with Crippen molar-refractivity contribution < 1.29 is 8.42 Å². The van der Waals surface area contributed by atoms with Gasteiger partial charge in [0.2, 0.25) is 0 Å². The predicted octanol–water partition coefficient (Wildman–Crippen LogP) is 0.670. The Morgan fingerprint density at radius 3 is 2.68 bits per heavy atom. The highest BCUT2D eigenvalue weighted by molar-refractivity contribution is 7.90. The van der Waals surface area contributed by atoms with Crippen molar-refractivity contribution in [1.82, 2.24) is 14.6 Å². The molecule has 1 saturated heterocycles. The van der Waals surface area contributed by atoms with Gasteiger partial charge in [-0.15, -0.1) is 0 Å². The number of anilines is 1. The van der Waals surface area contributed by atoms with Crippen LogP contribution in [0.1, 0.15) is 12.8 Å². The van der Waals surface area contributed by atoms with Gasteiger partial charge in [0, 0.05) is 19.3 Å². The zero-order valence-electron chi connectivity index (χ0n) is 11.0. The third-order valence-corrected chi connectivity index (χ3v) is 4.82. The maximum Gasteiger partial charge on any atom is 0.302 e. The highest BCUT2D eigenvalue weighted by Crippen LogP contribution is 2.19. The first kappa shape index (κ1) is 14.2. The molecule has 0 unspecified atom stereocenters. The van der Waals surface area contributed by atoms with Crippen molar-refractivity contribution in [1.29, 1.82) is 0 Å². The minimum absolute atomic E-state index is 0.361. The first-order valence-corrected chi connectivity index (χ1v) is 7.89. The third-order valence-electron chi connectivity index (χ3n) is 3.30. The minimum atomic E-state index is -3.47. The van der Waals surface area contributed by atoms with Gasteiger partial charge in [0.15, 0.2) is 0 Å². The molecule has 0 aromatic carbocycles. The summed E-state index contributed by atoms with van der Waals surface area (Å²) in [6.45, 7) is 2.07. The van der Waals surface area contributed by atoms with Crippen LogP contribution in [-0.4, -0.2) is 44.4 Å². The van der Waals surface area contributed by atoms with Crippen LogP contribution in [0.2, 0.25) is 0 Å². The van der Waals surface area contributed by atoms with Crippen molar-refractivity contribution in [2.45, 2.75) is 12.8 Å². The third kappa shape index (κ3) is 3.89. The topological polar surface area (TPSA) is 74.3 Å². The second-order valence-corrected chi connectivity index (χ2v) is 6.39. The Morgan fingerprint density at radius 1 is 1.37 bits per heavy atom. The molecule has 2 N–H and O–H groups in total. The van der Waals surface area contributed by atoms with Crippen LogP contribution in [0.4, 0.5) is 5.82 Å². The van der Waals surface area contributed by atoms with E-state index in [0.29, 0.717) is 24.8 Å². The molecule has 0 radical (unpaired) electrons. The lowest BCUT2D eigenvalue weighted by Gasteiger charge is -2.31. The van der Waals surface area contributed by atoms with Crippen molar-refractivity contribution in [2.75, 3.05) is 31.4 Å². The van der Waals surface area contributed by atoms with Crippen molar-refractivity contribution in [3.05, 3.63) is 24.4 Å². The molecule has 0 saturated carbocycles. The summed E-state index contributed by atoms with van der Waals surface area (Å²) in [4.78, 5) is 3.98. The molecule has 1 fully saturated rings. The van der Waals surface area contributed by atoms with Gasteiger partial charge in [-0.05, 0) is 44.5 Å². The minimum Gasteiger partial charge on any atom is -0.319 e. The van der Waals surface area contributed by atoms with Gasteiger partial charge in [0.25, 0.3) is 0 Å². The Hall–Kier alpha value is -1.18. The van der Waals surface area contributed by atoms with Gasteiger partial charge >= 0.3 is 10.2 Å². The van der Waals surface area contributed by atoms with Crippen molar-refractivity contribution >= 4 is 16.0 Å². The molecule has 7 heteroatoms. The molecule has 19 heavy (non-hydrogen) atoms. The van der Waals surface area contributed by atoms with E-state index in [4.69, 9.17) is 0 Å². The number of nitrogens with zero attached hydrogens (tertiary/aromatic N) is 2. The van der Waals surface area contributed by atoms with E-state index in [-0.39, 0.29) is 0 Å². The molecule has 1 aromatic heterocycles. The highest BCUT2D eigenvalue weighted by atomic mass is 32.2. The number of piperidine rings is 1. The first-order valence-electron chi connectivity index (χ1n) is 6.45. The predicted molar refractivity (Wildman–Crippen MR) is 75.0 cm³/mol. The van der Waals surface area contributed by atoms with Crippen molar-refractivity contribution in [2.24, 2.45) is 5.92 Å². The van der Waals surface area contributed by atoms with E-state index in [9.17, 15) is 8.42 Å². The van der Waals surface area contributed by atoms with E-state index < -0.39 is 10.2 Å². The average molecular weight is 284 g/mol. The molecular formula is C12H20N4O2S. The summed E-state index contributed by atoms with van der Waals surface area (Å²) in [7, 11) is -1.55. The Kier molecular flexibility index (Phi) is 4.73. The molecule has 6 nitrogen and oxygen atoms in total. The van der Waals surface area contributed by atoms with Gasteiger partial charge in [-0.1, -0.05) is 6.07 Å². The Bertz CT molecular complexity index is 484. The Labute approximate surface area is 114 Å². The van der Waals surface area contributed by atoms with E-state index in [2.05, 4.69) is 15.0 Å². The Morgan fingerprint density at radius 2 is 2.11 bits per heavy atom. The van der Waals surface area contributed by atoms with Crippen LogP contribution in [0, 0.1) is 5.92 Å². The molecule has 0 spiro atoms. The fraction of sp³-hybridized carbons (Fsp3) is 0.583. The summed E-state index contributed by atoms with van der Waals surface area (Å²) in [5.74, 6) is 0.922. The zero-order chi connectivity index (χ0) is 13.7. The van der Waals surface area contributed by atoms with Crippen molar-refractivity contribution in [3.8, 4) is 0 Å². The van der Waals surface area contributed by atoms with Crippen LogP contribution in [0.3, 0.4) is 0 Å². The summed E-state index contributed by atoms with van der Waals surface area (Å²) < 4.78 is 28.4. The Balaban J connectivity index is 1.94. The highest BCUT2D eigenvalue weighted by Gasteiger charge is 2.27. The normalized spacial score (nSPS) is 18.4. The summed E-state index contributed by atoms with van der Waals surface area (Å²) in [5.41, 5.74) is 0. The molecule has 0 amide bonds. The number of aromatic nitrogens is 1. The number of pyridine rings is 1. The maximum atomic E-state index is 12.2. The van der Waals surface area contributed by atoms with Crippen LogP contribution in [0.15, 0.2) is 24.4 Å². The first-order chi connectivity index (χ1) is 9.12. The molecule has 1 aromatic rings. The van der Waals surface area contributed by atoms with E-state index in [1.165, 1.54) is 4.31 Å². The van der Waals surface area contributed by atoms with Crippen LogP contribution in [0.25, 0.3) is 0 Å². The van der Waals surface area contributed by atoms with Crippen LogP contribution in [0.5, 0.6) is 0 Å². The molecule has 106 valence electrons. The molecule has 1 aliphatic heterocycles. The fourth-order valence-electron chi connectivity index (χ4n) is 2.26. The zero-order valence-corrected chi connectivity index (χ0v) is 11.9. The lowest BCUT2D eigenvalue weighted by molar-refractivity contribution is 0.272. The second-order valence-electron chi connectivity index (χ2n) is 4.72. The van der Waals surface area contributed by atoms with Crippen LogP contribution in [-0.2, 0) is 10.2 Å². The molecule has 0 bridgehead atoms. The molecule has 2 heterocycles. The van der Waals surface area contributed by atoms with Gasteiger partial charge < -0.3 is 5.32 Å². The molecule has 1 aliphatic rings. The molecule has 0 aliphatic carbocycles. The lowest BCUT2D eigenvalue weighted by atomic mass is 9.98. The summed E-state index contributed by atoms with van der Waals surface area (Å²) >= 11 is 0. The monoisotopic (exact) mass is 284 g/mol. The summed E-state index contributed by atoms with van der Waals surface area (Å²) in [6.07, 6.45) is 3.35. The smallest absolute Gasteiger partial charge is 0.302 e. The van der Waals surface area contributed by atoms with Gasteiger partial charge in [-0.3, -0.25) is 4.72 Å². The van der Waals surface area contributed by atoms with Gasteiger partial charge in [-0.25, -0.2) is 4.98 Å². The van der Waals surface area contributed by atoms with E-state index >= 15 is 0 Å². The number of nitrogens with one attached hydrogen (secondary N) is 2. The van der Waals surface area contributed by atoms with Crippen LogP contribution >= 0.6 is 0 Å².